The van der Waals surface area contributed by atoms with Crippen molar-refractivity contribution in [1.82, 2.24) is 15.0 Å². The molecule has 2 aromatic heterocycles. The molecular formula is C45H33N3O. The minimum absolute atomic E-state index is 0.175. The normalized spacial score (nSPS) is 14.7. The van der Waals surface area contributed by atoms with E-state index in [9.17, 15) is 0 Å². The van der Waals surface area contributed by atoms with Crippen LogP contribution in [0.15, 0.2) is 144 Å². The molecule has 2 aliphatic carbocycles. The van der Waals surface area contributed by atoms with Crippen molar-refractivity contribution >= 4 is 21.9 Å². The summed E-state index contributed by atoms with van der Waals surface area (Å²) in [6.07, 6.45) is 6.44. The number of hydrogen-bond donors (Lipinski definition) is 0. The molecule has 0 atom stereocenters. The summed E-state index contributed by atoms with van der Waals surface area (Å²) in [5.74, 6) is 1.93. The Hall–Kier alpha value is -5.87. The van der Waals surface area contributed by atoms with E-state index in [-0.39, 0.29) is 5.41 Å². The van der Waals surface area contributed by atoms with Gasteiger partial charge >= 0.3 is 0 Å². The molecular weight excluding hydrogens is 599 g/mol. The van der Waals surface area contributed by atoms with Gasteiger partial charge in [0.15, 0.2) is 17.5 Å². The number of aromatic nitrogens is 3. The second-order valence-corrected chi connectivity index (χ2v) is 13.5. The number of hydrogen-bond acceptors (Lipinski definition) is 4. The number of fused-ring (bicyclic) bond motifs is 8. The van der Waals surface area contributed by atoms with E-state index in [1.165, 1.54) is 65.5 Å². The predicted molar refractivity (Wildman–Crippen MR) is 198 cm³/mol. The van der Waals surface area contributed by atoms with E-state index in [2.05, 4.69) is 78.9 Å². The van der Waals surface area contributed by atoms with Crippen molar-refractivity contribution in [3.05, 3.63) is 151 Å². The fourth-order valence-electron chi connectivity index (χ4n) is 8.37. The van der Waals surface area contributed by atoms with Gasteiger partial charge in [0.2, 0.25) is 0 Å². The Labute approximate surface area is 285 Å². The molecule has 4 nitrogen and oxygen atoms in total. The first kappa shape index (κ1) is 28.2. The fraction of sp³-hybridized carbons (Fsp3) is 0.133. The molecule has 4 heteroatoms. The van der Waals surface area contributed by atoms with Gasteiger partial charge in [-0.15, -0.1) is 0 Å². The van der Waals surface area contributed by atoms with E-state index in [0.29, 0.717) is 17.5 Å². The highest BCUT2D eigenvalue weighted by Gasteiger charge is 2.43. The van der Waals surface area contributed by atoms with Gasteiger partial charge in [0.05, 0.1) is 0 Å². The van der Waals surface area contributed by atoms with E-state index in [4.69, 9.17) is 19.4 Å². The molecule has 10 rings (SSSR count). The first-order valence-corrected chi connectivity index (χ1v) is 17.3. The van der Waals surface area contributed by atoms with Crippen LogP contribution in [-0.4, -0.2) is 15.0 Å². The number of rotatable bonds is 4. The number of benzene rings is 6. The zero-order valence-corrected chi connectivity index (χ0v) is 27.1. The zero-order chi connectivity index (χ0) is 32.4. The monoisotopic (exact) mass is 631 g/mol. The van der Waals surface area contributed by atoms with E-state index in [1.54, 1.807) is 0 Å². The summed E-state index contributed by atoms with van der Waals surface area (Å²) in [7, 11) is 0. The molecule has 0 unspecified atom stereocenters. The molecule has 1 saturated carbocycles. The average molecular weight is 632 g/mol. The number of nitrogens with zero attached hydrogens (tertiary/aromatic N) is 3. The van der Waals surface area contributed by atoms with Gasteiger partial charge in [-0.25, -0.2) is 15.0 Å². The predicted octanol–water partition coefficient (Wildman–Crippen LogP) is 11.7. The molecule has 0 N–H and O–H groups in total. The van der Waals surface area contributed by atoms with Gasteiger partial charge in [-0.1, -0.05) is 128 Å². The highest BCUT2D eigenvalue weighted by atomic mass is 16.3. The van der Waals surface area contributed by atoms with Gasteiger partial charge in [0, 0.05) is 32.9 Å². The maximum atomic E-state index is 6.09. The van der Waals surface area contributed by atoms with Crippen LogP contribution < -0.4 is 0 Å². The van der Waals surface area contributed by atoms with Crippen LogP contribution in [0.2, 0.25) is 0 Å². The molecule has 0 saturated heterocycles. The molecule has 1 spiro atoms. The maximum absolute atomic E-state index is 6.09. The molecule has 2 heterocycles. The van der Waals surface area contributed by atoms with Crippen LogP contribution in [0.4, 0.5) is 0 Å². The van der Waals surface area contributed by atoms with E-state index < -0.39 is 0 Å². The maximum Gasteiger partial charge on any atom is 0.164 e. The molecule has 0 radical (unpaired) electrons. The smallest absolute Gasteiger partial charge is 0.164 e. The molecule has 234 valence electrons. The fourth-order valence-corrected chi connectivity index (χ4v) is 8.37. The third-order valence-electron chi connectivity index (χ3n) is 10.8. The Balaban J connectivity index is 1.05. The Morgan fingerprint density at radius 2 is 1.00 bits per heavy atom. The van der Waals surface area contributed by atoms with Crippen LogP contribution in [0.3, 0.4) is 0 Å². The van der Waals surface area contributed by atoms with Gasteiger partial charge < -0.3 is 4.42 Å². The summed E-state index contributed by atoms with van der Waals surface area (Å²) >= 11 is 0. The van der Waals surface area contributed by atoms with Crippen LogP contribution in [0, 0.1) is 0 Å². The van der Waals surface area contributed by atoms with Gasteiger partial charge in [-0.3, -0.25) is 0 Å². The molecule has 2 aliphatic rings. The van der Waals surface area contributed by atoms with E-state index in [0.717, 1.165) is 38.6 Å². The van der Waals surface area contributed by atoms with Crippen LogP contribution in [0.25, 0.3) is 78.4 Å². The molecule has 8 aromatic rings. The van der Waals surface area contributed by atoms with Crippen LogP contribution in [0.1, 0.15) is 43.2 Å². The Morgan fingerprint density at radius 3 is 1.82 bits per heavy atom. The van der Waals surface area contributed by atoms with E-state index in [1.807, 2.05) is 60.7 Å². The highest BCUT2D eigenvalue weighted by molar-refractivity contribution is 6.06. The Morgan fingerprint density at radius 1 is 0.408 bits per heavy atom. The minimum atomic E-state index is 0.175. The largest absolute Gasteiger partial charge is 0.456 e. The lowest BCUT2D eigenvalue weighted by molar-refractivity contribution is 0.353. The lowest BCUT2D eigenvalue weighted by atomic mass is 9.68. The lowest BCUT2D eigenvalue weighted by Crippen LogP contribution is -2.27. The average Bonchev–Trinajstić information content (AvgIpc) is 3.68. The quantitative estimate of drug-likeness (QED) is 0.194. The van der Waals surface area contributed by atoms with Crippen molar-refractivity contribution in [2.75, 3.05) is 0 Å². The van der Waals surface area contributed by atoms with Gasteiger partial charge in [0.1, 0.15) is 11.2 Å². The summed E-state index contributed by atoms with van der Waals surface area (Å²) < 4.78 is 6.09. The number of para-hydroxylation sites is 1. The molecule has 0 bridgehead atoms. The second kappa shape index (κ2) is 11.1. The summed E-state index contributed by atoms with van der Waals surface area (Å²) in [4.78, 5) is 15.0. The van der Waals surface area contributed by atoms with E-state index >= 15 is 0 Å². The summed E-state index contributed by atoms with van der Waals surface area (Å²) in [6.45, 7) is 0. The summed E-state index contributed by atoms with van der Waals surface area (Å²) in [6, 6.07) is 49.3. The highest BCUT2D eigenvalue weighted by Crippen LogP contribution is 2.56. The molecule has 6 aromatic carbocycles. The van der Waals surface area contributed by atoms with Crippen LogP contribution in [0.5, 0.6) is 0 Å². The van der Waals surface area contributed by atoms with Crippen LogP contribution >= 0.6 is 0 Å². The standard InChI is InChI=1S/C45H33N3O/c1-3-11-30(12-4-1)42-46-43(48-44(47-42)33-22-24-41-37(28-33)35-14-6-8-16-40(35)49-41)31-19-17-29(18-20-31)32-21-23-39-36(27-32)34-13-5-7-15-38(34)45(39)25-9-2-10-26-45/h1,3-8,11-24,27-28H,2,9-10,25-26H2. The Bertz CT molecular complexity index is 2520. The van der Waals surface area contributed by atoms with Gasteiger partial charge in [-0.05, 0) is 76.6 Å². The summed E-state index contributed by atoms with van der Waals surface area (Å²) in [5, 5.41) is 2.13. The first-order chi connectivity index (χ1) is 24.2. The van der Waals surface area contributed by atoms with Crippen molar-refractivity contribution < 1.29 is 4.42 Å². The lowest BCUT2D eigenvalue weighted by Gasteiger charge is -2.36. The molecule has 1 fully saturated rings. The van der Waals surface area contributed by atoms with Crippen molar-refractivity contribution in [3.8, 4) is 56.4 Å². The zero-order valence-electron chi connectivity index (χ0n) is 27.1. The van der Waals surface area contributed by atoms with Crippen molar-refractivity contribution in [2.24, 2.45) is 0 Å². The van der Waals surface area contributed by atoms with Crippen molar-refractivity contribution in [2.45, 2.75) is 37.5 Å². The minimum Gasteiger partial charge on any atom is -0.456 e. The third-order valence-corrected chi connectivity index (χ3v) is 10.8. The molecule has 49 heavy (non-hydrogen) atoms. The third kappa shape index (κ3) is 4.55. The first-order valence-electron chi connectivity index (χ1n) is 17.3. The van der Waals surface area contributed by atoms with Crippen molar-refractivity contribution in [3.63, 3.8) is 0 Å². The topological polar surface area (TPSA) is 51.8 Å². The molecule has 0 amide bonds. The van der Waals surface area contributed by atoms with Gasteiger partial charge in [0.25, 0.3) is 0 Å². The SMILES string of the molecule is c1ccc(-c2nc(-c3ccc(-c4ccc5c(c4)-c4ccccc4C54CCCCC4)cc3)nc(-c3ccc4oc5ccccc5c4c3)n2)cc1. The molecule has 0 aliphatic heterocycles. The summed E-state index contributed by atoms with van der Waals surface area (Å²) in [5.41, 5.74) is 13.0. The second-order valence-electron chi connectivity index (χ2n) is 13.5. The Kier molecular flexibility index (Phi) is 6.38. The van der Waals surface area contributed by atoms with Crippen LogP contribution in [-0.2, 0) is 5.41 Å². The van der Waals surface area contributed by atoms with Gasteiger partial charge in [-0.2, -0.15) is 0 Å². The van der Waals surface area contributed by atoms with Crippen molar-refractivity contribution in [1.29, 1.82) is 0 Å². The number of furan rings is 1.